The molecule has 1 heterocycles. The van der Waals surface area contributed by atoms with E-state index in [9.17, 15) is 8.42 Å². The molecule has 0 bridgehead atoms. The summed E-state index contributed by atoms with van der Waals surface area (Å²) in [6.07, 6.45) is 1.68. The molecule has 0 atom stereocenters. The third-order valence-electron chi connectivity index (χ3n) is 4.07. The molecule has 0 spiro atoms. The standard InChI is InChI=1S/C14H21N3O4S/c1-4-14(5-2,20-3)9-16-13-11-8-10(22(15,18)19)6-7-12(11)21-17-13/h6-8H,4-5,9H2,1-3H3,(H,16,17)(H2,15,18,19). The maximum atomic E-state index is 11.5. The van der Waals surface area contributed by atoms with Crippen molar-refractivity contribution in [2.24, 2.45) is 5.14 Å². The molecule has 8 heteroatoms. The van der Waals surface area contributed by atoms with E-state index < -0.39 is 10.0 Å². The number of nitrogens with zero attached hydrogens (tertiary/aromatic N) is 1. The fraction of sp³-hybridized carbons (Fsp3) is 0.500. The summed E-state index contributed by atoms with van der Waals surface area (Å²) in [6, 6.07) is 4.39. The lowest BCUT2D eigenvalue weighted by Crippen LogP contribution is -2.37. The van der Waals surface area contributed by atoms with Crippen molar-refractivity contribution in [2.45, 2.75) is 37.2 Å². The summed E-state index contributed by atoms with van der Waals surface area (Å²) in [7, 11) is -2.09. The zero-order chi connectivity index (χ0) is 16.4. The minimum atomic E-state index is -3.77. The Morgan fingerprint density at radius 3 is 2.59 bits per heavy atom. The number of hydrogen-bond acceptors (Lipinski definition) is 6. The summed E-state index contributed by atoms with van der Waals surface area (Å²) in [5.74, 6) is 0.476. The van der Waals surface area contributed by atoms with Gasteiger partial charge in [0.2, 0.25) is 10.0 Å². The summed E-state index contributed by atoms with van der Waals surface area (Å²) < 4.78 is 33.7. The normalized spacial score (nSPS) is 12.7. The van der Waals surface area contributed by atoms with E-state index >= 15 is 0 Å². The molecule has 0 amide bonds. The van der Waals surface area contributed by atoms with Gasteiger partial charge >= 0.3 is 0 Å². The number of sulfonamides is 1. The second-order valence-electron chi connectivity index (χ2n) is 5.18. The number of nitrogens with one attached hydrogen (secondary N) is 1. The maximum absolute atomic E-state index is 11.5. The molecule has 1 aromatic carbocycles. The number of nitrogens with two attached hydrogens (primary N) is 1. The Hall–Kier alpha value is -1.64. The highest BCUT2D eigenvalue weighted by Gasteiger charge is 2.26. The molecule has 2 aromatic rings. The lowest BCUT2D eigenvalue weighted by molar-refractivity contribution is -0.00533. The molecule has 0 aliphatic heterocycles. The van der Waals surface area contributed by atoms with Gasteiger partial charge in [-0.15, -0.1) is 0 Å². The molecule has 0 saturated carbocycles. The number of aromatic nitrogens is 1. The predicted octanol–water partition coefficient (Wildman–Crippen LogP) is 2.09. The Labute approximate surface area is 129 Å². The van der Waals surface area contributed by atoms with Gasteiger partial charge < -0.3 is 14.6 Å². The van der Waals surface area contributed by atoms with E-state index in [1.54, 1.807) is 7.11 Å². The molecule has 1 aromatic heterocycles. The fourth-order valence-corrected chi connectivity index (χ4v) is 2.87. The molecule has 0 radical (unpaired) electrons. The van der Waals surface area contributed by atoms with Crippen molar-refractivity contribution in [1.82, 2.24) is 5.16 Å². The van der Waals surface area contributed by atoms with Gasteiger partial charge in [0.05, 0.1) is 15.9 Å². The summed E-state index contributed by atoms with van der Waals surface area (Å²) in [5.41, 5.74) is 0.189. The van der Waals surface area contributed by atoms with Crippen molar-refractivity contribution < 1.29 is 17.7 Å². The van der Waals surface area contributed by atoms with E-state index in [0.717, 1.165) is 12.8 Å². The van der Waals surface area contributed by atoms with Gasteiger partial charge in [0, 0.05) is 13.7 Å². The van der Waals surface area contributed by atoms with E-state index in [1.165, 1.54) is 18.2 Å². The Morgan fingerprint density at radius 2 is 2.05 bits per heavy atom. The molecule has 122 valence electrons. The lowest BCUT2D eigenvalue weighted by Gasteiger charge is -2.30. The van der Waals surface area contributed by atoms with Gasteiger partial charge in [0.1, 0.15) is 0 Å². The minimum absolute atomic E-state index is 0.0234. The zero-order valence-electron chi connectivity index (χ0n) is 12.9. The molecule has 2 rings (SSSR count). The second kappa shape index (κ2) is 6.23. The van der Waals surface area contributed by atoms with E-state index in [1.807, 2.05) is 0 Å². The van der Waals surface area contributed by atoms with E-state index in [0.29, 0.717) is 23.3 Å². The first kappa shape index (κ1) is 16.7. The minimum Gasteiger partial charge on any atom is -0.376 e. The van der Waals surface area contributed by atoms with Crippen molar-refractivity contribution in [1.29, 1.82) is 0 Å². The third-order valence-corrected chi connectivity index (χ3v) is 4.98. The molecular formula is C14H21N3O4S. The molecule has 0 unspecified atom stereocenters. The van der Waals surface area contributed by atoms with Crippen LogP contribution in [0, 0.1) is 0 Å². The van der Waals surface area contributed by atoms with E-state index in [-0.39, 0.29) is 10.5 Å². The number of ether oxygens (including phenoxy) is 1. The first-order chi connectivity index (χ1) is 10.3. The summed E-state index contributed by atoms with van der Waals surface area (Å²) >= 11 is 0. The van der Waals surface area contributed by atoms with Crippen molar-refractivity contribution in [3.63, 3.8) is 0 Å². The van der Waals surface area contributed by atoms with Crippen LogP contribution in [0.15, 0.2) is 27.6 Å². The Bertz CT molecular complexity index is 742. The van der Waals surface area contributed by atoms with Crippen molar-refractivity contribution in [3.05, 3.63) is 18.2 Å². The lowest BCUT2D eigenvalue weighted by atomic mass is 9.97. The van der Waals surface area contributed by atoms with Crippen LogP contribution in [0.2, 0.25) is 0 Å². The van der Waals surface area contributed by atoms with Crippen LogP contribution < -0.4 is 10.5 Å². The van der Waals surface area contributed by atoms with Gasteiger partial charge in [-0.25, -0.2) is 13.6 Å². The van der Waals surface area contributed by atoms with Gasteiger partial charge in [-0.2, -0.15) is 0 Å². The number of fused-ring (bicyclic) bond motifs is 1. The molecule has 3 N–H and O–H groups in total. The third kappa shape index (κ3) is 3.23. The van der Waals surface area contributed by atoms with Gasteiger partial charge in [-0.1, -0.05) is 19.0 Å². The van der Waals surface area contributed by atoms with Gasteiger partial charge in [-0.05, 0) is 31.0 Å². The predicted molar refractivity (Wildman–Crippen MR) is 84.2 cm³/mol. The quantitative estimate of drug-likeness (QED) is 0.806. The maximum Gasteiger partial charge on any atom is 0.238 e. The number of hydrogen-bond donors (Lipinski definition) is 2. The zero-order valence-corrected chi connectivity index (χ0v) is 13.7. The molecular weight excluding hydrogens is 306 g/mol. The smallest absolute Gasteiger partial charge is 0.238 e. The van der Waals surface area contributed by atoms with Crippen LogP contribution in [0.1, 0.15) is 26.7 Å². The number of methoxy groups -OCH3 is 1. The van der Waals surface area contributed by atoms with Crippen LogP contribution in [0.3, 0.4) is 0 Å². The van der Waals surface area contributed by atoms with E-state index in [2.05, 4.69) is 24.3 Å². The van der Waals surface area contributed by atoms with Crippen LogP contribution in [0.4, 0.5) is 5.82 Å². The largest absolute Gasteiger partial charge is 0.376 e. The Morgan fingerprint density at radius 1 is 1.36 bits per heavy atom. The molecule has 7 nitrogen and oxygen atoms in total. The van der Waals surface area contributed by atoms with Gasteiger partial charge in [0.15, 0.2) is 11.4 Å². The van der Waals surface area contributed by atoms with Crippen molar-refractivity contribution in [3.8, 4) is 0 Å². The number of rotatable bonds is 7. The SMILES string of the molecule is CCC(CC)(CNc1noc2ccc(S(N)(=O)=O)cc12)OC. The Kier molecular flexibility index (Phi) is 4.74. The van der Waals surface area contributed by atoms with Crippen LogP contribution in [-0.4, -0.2) is 32.8 Å². The monoisotopic (exact) mass is 327 g/mol. The average Bonchev–Trinajstić information content (AvgIpc) is 2.91. The highest BCUT2D eigenvalue weighted by atomic mass is 32.2. The summed E-state index contributed by atoms with van der Waals surface area (Å²) in [6.45, 7) is 4.64. The van der Waals surface area contributed by atoms with Crippen molar-refractivity contribution in [2.75, 3.05) is 19.0 Å². The van der Waals surface area contributed by atoms with Crippen LogP contribution in [0.25, 0.3) is 11.0 Å². The number of benzene rings is 1. The molecule has 0 saturated heterocycles. The molecule has 0 aliphatic carbocycles. The summed E-state index contributed by atoms with van der Waals surface area (Å²) in [4.78, 5) is 0.0234. The van der Waals surface area contributed by atoms with Crippen LogP contribution >= 0.6 is 0 Å². The van der Waals surface area contributed by atoms with Crippen LogP contribution in [0.5, 0.6) is 0 Å². The Balaban J connectivity index is 2.32. The molecule has 0 aliphatic rings. The van der Waals surface area contributed by atoms with Crippen LogP contribution in [-0.2, 0) is 14.8 Å². The van der Waals surface area contributed by atoms with E-state index in [4.69, 9.17) is 14.4 Å². The number of anilines is 1. The summed E-state index contributed by atoms with van der Waals surface area (Å²) in [5, 5.41) is 12.8. The van der Waals surface area contributed by atoms with Gasteiger partial charge in [0.25, 0.3) is 0 Å². The molecule has 0 fully saturated rings. The highest BCUT2D eigenvalue weighted by Crippen LogP contribution is 2.27. The molecule has 22 heavy (non-hydrogen) atoms. The first-order valence-corrected chi connectivity index (χ1v) is 8.61. The number of primary sulfonamides is 1. The van der Waals surface area contributed by atoms with Gasteiger partial charge in [-0.3, -0.25) is 0 Å². The van der Waals surface area contributed by atoms with Crippen molar-refractivity contribution >= 4 is 26.8 Å². The fourth-order valence-electron chi connectivity index (χ4n) is 2.33. The highest BCUT2D eigenvalue weighted by molar-refractivity contribution is 7.89. The second-order valence-corrected chi connectivity index (χ2v) is 6.74. The first-order valence-electron chi connectivity index (χ1n) is 7.06. The topological polar surface area (TPSA) is 107 Å². The average molecular weight is 327 g/mol.